The maximum Gasteiger partial charge on any atom is 0.228 e. The van der Waals surface area contributed by atoms with Gasteiger partial charge in [-0.2, -0.15) is 0 Å². The molecule has 2 nitrogen and oxygen atoms in total. The van der Waals surface area contributed by atoms with Crippen molar-refractivity contribution in [2.45, 2.75) is 50.9 Å². The van der Waals surface area contributed by atoms with E-state index in [4.69, 9.17) is 0 Å². The molecule has 5 aliphatic rings. The number of likely N-dealkylation sites (tertiary alicyclic amines) is 1. The maximum absolute atomic E-state index is 13.4. The SMILES string of the molecule is O=C(N1CC[C@H](c2ccccc2)C1)C12CC3CC(CC(C3)C1)C2. The van der Waals surface area contributed by atoms with Gasteiger partial charge < -0.3 is 4.90 Å². The fourth-order valence-electron chi connectivity index (χ4n) is 6.65. The standard InChI is InChI=1S/C21H27NO/c23-20(21-11-15-8-16(12-21)10-17(9-15)13-21)22-7-6-19(14-22)18-4-2-1-3-5-18/h1-5,15-17,19H,6-14H2/t15?,16?,17?,19-,21?/m0/s1. The molecule has 122 valence electrons. The molecule has 0 spiro atoms. The molecule has 0 N–H and O–H groups in total. The molecule has 0 aromatic heterocycles. The number of amides is 1. The van der Waals surface area contributed by atoms with Gasteiger partial charge in [-0.1, -0.05) is 30.3 Å². The van der Waals surface area contributed by atoms with Crippen LogP contribution in [0.1, 0.15) is 56.4 Å². The number of carbonyl (C=O) groups excluding carboxylic acids is 1. The highest BCUT2D eigenvalue weighted by Crippen LogP contribution is 2.60. The topological polar surface area (TPSA) is 20.3 Å². The van der Waals surface area contributed by atoms with Crippen LogP contribution in [-0.2, 0) is 4.79 Å². The summed E-state index contributed by atoms with van der Waals surface area (Å²) in [5.74, 6) is 3.65. The Balaban J connectivity index is 1.34. The summed E-state index contributed by atoms with van der Waals surface area (Å²) >= 11 is 0. The average molecular weight is 309 g/mol. The van der Waals surface area contributed by atoms with Gasteiger partial charge in [0.25, 0.3) is 0 Å². The van der Waals surface area contributed by atoms with Gasteiger partial charge in [0.05, 0.1) is 5.41 Å². The largest absolute Gasteiger partial charge is 0.342 e. The highest BCUT2D eigenvalue weighted by atomic mass is 16.2. The fourth-order valence-corrected chi connectivity index (χ4v) is 6.65. The molecule has 1 aliphatic heterocycles. The molecular formula is C21H27NO. The van der Waals surface area contributed by atoms with Gasteiger partial charge in [-0.3, -0.25) is 4.79 Å². The van der Waals surface area contributed by atoms with E-state index >= 15 is 0 Å². The Kier molecular flexibility index (Phi) is 3.11. The Hall–Kier alpha value is -1.31. The van der Waals surface area contributed by atoms with Crippen molar-refractivity contribution in [2.75, 3.05) is 13.1 Å². The zero-order valence-corrected chi connectivity index (χ0v) is 13.9. The molecule has 23 heavy (non-hydrogen) atoms. The molecule has 4 aliphatic carbocycles. The van der Waals surface area contributed by atoms with Crippen LogP contribution < -0.4 is 0 Å². The van der Waals surface area contributed by atoms with Crippen molar-refractivity contribution in [3.05, 3.63) is 35.9 Å². The summed E-state index contributed by atoms with van der Waals surface area (Å²) in [4.78, 5) is 15.6. The zero-order valence-electron chi connectivity index (χ0n) is 13.9. The first kappa shape index (κ1) is 14.1. The van der Waals surface area contributed by atoms with Gasteiger partial charge in [-0.05, 0) is 68.3 Å². The normalized spacial score (nSPS) is 41.5. The van der Waals surface area contributed by atoms with Gasteiger partial charge in [-0.15, -0.1) is 0 Å². The summed E-state index contributed by atoms with van der Waals surface area (Å²) in [5, 5.41) is 0. The molecule has 1 aromatic rings. The number of hydrogen-bond donors (Lipinski definition) is 0. The van der Waals surface area contributed by atoms with Crippen molar-refractivity contribution in [1.82, 2.24) is 4.90 Å². The molecule has 0 unspecified atom stereocenters. The summed E-state index contributed by atoms with van der Waals surface area (Å²) in [6.07, 6.45) is 8.98. The second-order valence-electron chi connectivity index (χ2n) is 8.85. The molecule has 2 heteroatoms. The fraction of sp³-hybridized carbons (Fsp3) is 0.667. The third-order valence-corrected chi connectivity index (χ3v) is 7.24. The van der Waals surface area contributed by atoms with Crippen molar-refractivity contribution in [1.29, 1.82) is 0 Å². The quantitative estimate of drug-likeness (QED) is 0.801. The smallest absolute Gasteiger partial charge is 0.228 e. The lowest BCUT2D eigenvalue weighted by atomic mass is 9.49. The number of hydrogen-bond acceptors (Lipinski definition) is 1. The highest BCUT2D eigenvalue weighted by molar-refractivity contribution is 5.83. The first-order chi connectivity index (χ1) is 11.2. The van der Waals surface area contributed by atoms with E-state index in [1.165, 1.54) is 44.1 Å². The van der Waals surface area contributed by atoms with Crippen molar-refractivity contribution in [3.8, 4) is 0 Å². The summed E-state index contributed by atoms with van der Waals surface area (Å²) in [6, 6.07) is 10.8. The summed E-state index contributed by atoms with van der Waals surface area (Å²) in [7, 11) is 0. The molecule has 5 fully saturated rings. The number of benzene rings is 1. The molecular weight excluding hydrogens is 282 g/mol. The van der Waals surface area contributed by atoms with Crippen molar-refractivity contribution >= 4 is 5.91 Å². The van der Waals surface area contributed by atoms with Crippen LogP contribution in [0.3, 0.4) is 0 Å². The van der Waals surface area contributed by atoms with Crippen molar-refractivity contribution in [2.24, 2.45) is 23.2 Å². The summed E-state index contributed by atoms with van der Waals surface area (Å²) < 4.78 is 0. The molecule has 4 bridgehead atoms. The third-order valence-electron chi connectivity index (χ3n) is 7.24. The molecule has 1 saturated heterocycles. The monoisotopic (exact) mass is 309 g/mol. The van der Waals surface area contributed by atoms with Gasteiger partial charge in [0.15, 0.2) is 0 Å². The zero-order chi connectivity index (χ0) is 15.4. The van der Waals surface area contributed by atoms with Crippen molar-refractivity contribution in [3.63, 3.8) is 0 Å². The molecule has 1 amide bonds. The van der Waals surface area contributed by atoms with E-state index in [1.807, 2.05) is 0 Å². The number of carbonyl (C=O) groups is 1. The number of rotatable bonds is 2. The predicted octanol–water partition coefficient (Wildman–Crippen LogP) is 4.22. The molecule has 0 radical (unpaired) electrons. The van der Waals surface area contributed by atoms with E-state index in [1.54, 1.807) is 0 Å². The van der Waals surface area contributed by atoms with Crippen LogP contribution in [0, 0.1) is 23.2 Å². The van der Waals surface area contributed by atoms with Gasteiger partial charge in [0, 0.05) is 19.0 Å². The Bertz CT molecular complexity index is 572. The maximum atomic E-state index is 13.4. The Labute approximate surface area is 139 Å². The first-order valence-corrected chi connectivity index (χ1v) is 9.56. The van der Waals surface area contributed by atoms with Crippen molar-refractivity contribution < 1.29 is 4.79 Å². The van der Waals surface area contributed by atoms with Crippen LogP contribution in [0.25, 0.3) is 0 Å². The minimum absolute atomic E-state index is 0.0420. The van der Waals surface area contributed by atoms with Crippen LogP contribution in [0.2, 0.25) is 0 Å². The molecule has 1 atom stereocenters. The summed E-state index contributed by atoms with van der Waals surface area (Å²) in [5.41, 5.74) is 1.45. The van der Waals surface area contributed by atoms with Gasteiger partial charge in [0.2, 0.25) is 5.91 Å². The first-order valence-electron chi connectivity index (χ1n) is 9.56. The summed E-state index contributed by atoms with van der Waals surface area (Å²) in [6.45, 7) is 1.92. The second-order valence-corrected chi connectivity index (χ2v) is 8.85. The Morgan fingerprint density at radius 3 is 2.17 bits per heavy atom. The van der Waals surface area contributed by atoms with Crippen LogP contribution in [0.4, 0.5) is 0 Å². The van der Waals surface area contributed by atoms with Gasteiger partial charge in [-0.25, -0.2) is 0 Å². The van der Waals surface area contributed by atoms with E-state index in [-0.39, 0.29) is 5.41 Å². The van der Waals surface area contributed by atoms with E-state index in [9.17, 15) is 4.79 Å². The van der Waals surface area contributed by atoms with Crippen LogP contribution in [0.5, 0.6) is 0 Å². The lowest BCUT2D eigenvalue weighted by Gasteiger charge is -2.56. The highest BCUT2D eigenvalue weighted by Gasteiger charge is 2.56. The minimum atomic E-state index is 0.0420. The Morgan fingerprint density at radius 1 is 0.957 bits per heavy atom. The predicted molar refractivity (Wildman–Crippen MR) is 91.0 cm³/mol. The third kappa shape index (κ3) is 2.25. The van der Waals surface area contributed by atoms with E-state index in [2.05, 4.69) is 35.2 Å². The van der Waals surface area contributed by atoms with Crippen LogP contribution in [0.15, 0.2) is 30.3 Å². The lowest BCUT2D eigenvalue weighted by Crippen LogP contribution is -2.54. The molecule has 1 aromatic carbocycles. The van der Waals surface area contributed by atoms with Crippen LogP contribution >= 0.6 is 0 Å². The van der Waals surface area contributed by atoms with Gasteiger partial charge in [0.1, 0.15) is 0 Å². The molecule has 4 saturated carbocycles. The average Bonchev–Trinajstić information content (AvgIpc) is 3.03. The molecule has 6 rings (SSSR count). The number of nitrogens with zero attached hydrogens (tertiary/aromatic N) is 1. The van der Waals surface area contributed by atoms with E-state index in [0.29, 0.717) is 11.8 Å². The second kappa shape index (κ2) is 5.09. The molecule has 1 heterocycles. The van der Waals surface area contributed by atoms with Crippen LogP contribution in [-0.4, -0.2) is 23.9 Å². The Morgan fingerprint density at radius 2 is 1.57 bits per heavy atom. The minimum Gasteiger partial charge on any atom is -0.342 e. The van der Waals surface area contributed by atoms with Gasteiger partial charge >= 0.3 is 0 Å². The van der Waals surface area contributed by atoms with E-state index in [0.717, 1.165) is 37.3 Å². The van der Waals surface area contributed by atoms with E-state index < -0.39 is 0 Å². The lowest BCUT2D eigenvalue weighted by molar-refractivity contribution is -0.156.